The zero-order chi connectivity index (χ0) is 17.4. The molecule has 0 bridgehead atoms. The lowest BCUT2D eigenvalue weighted by Gasteiger charge is -2.25. The number of nitrogens with zero attached hydrogens (tertiary/aromatic N) is 1. The van der Waals surface area contributed by atoms with E-state index in [1.165, 1.54) is 0 Å². The number of carbonyl (C=O) groups is 2. The Labute approximate surface area is 144 Å². The Morgan fingerprint density at radius 1 is 1.04 bits per heavy atom. The first kappa shape index (κ1) is 15.3. The zero-order valence-corrected chi connectivity index (χ0v) is 13.4. The molecule has 2 aromatic rings. The highest BCUT2D eigenvalue weighted by Crippen LogP contribution is 2.33. The quantitative estimate of drug-likeness (QED) is 0.803. The third kappa shape index (κ3) is 2.82. The molecule has 1 unspecified atom stereocenters. The van der Waals surface area contributed by atoms with Crippen molar-refractivity contribution in [3.63, 3.8) is 0 Å². The summed E-state index contributed by atoms with van der Waals surface area (Å²) in [4.78, 5) is 26.6. The molecule has 0 radical (unpaired) electrons. The van der Waals surface area contributed by atoms with Gasteiger partial charge in [0.05, 0.1) is 23.9 Å². The largest absolute Gasteiger partial charge is 0.508 e. The molecular formula is C19H17N3O3. The number of carbonyl (C=O) groups excluding carboxylic acids is 2. The SMILES string of the molecule is O=C1NC2=C(C(=O)N(Cc3ccccc3)C2)C(c2ccc(O)cc2)N1. The topological polar surface area (TPSA) is 81.7 Å². The van der Waals surface area contributed by atoms with Gasteiger partial charge in [0, 0.05) is 6.54 Å². The van der Waals surface area contributed by atoms with Gasteiger partial charge in [0.25, 0.3) is 5.91 Å². The minimum atomic E-state index is -0.516. The number of benzene rings is 2. The van der Waals surface area contributed by atoms with Crippen molar-refractivity contribution < 1.29 is 14.7 Å². The number of rotatable bonds is 3. The van der Waals surface area contributed by atoms with E-state index < -0.39 is 6.04 Å². The molecule has 0 saturated carbocycles. The van der Waals surface area contributed by atoms with Crippen molar-refractivity contribution in [3.05, 3.63) is 77.0 Å². The van der Waals surface area contributed by atoms with Gasteiger partial charge < -0.3 is 20.6 Å². The molecule has 3 amide bonds. The molecule has 6 heteroatoms. The second kappa shape index (κ2) is 5.98. The lowest BCUT2D eigenvalue weighted by atomic mass is 9.96. The van der Waals surface area contributed by atoms with Crippen molar-refractivity contribution in [2.24, 2.45) is 0 Å². The van der Waals surface area contributed by atoms with Crippen LogP contribution < -0.4 is 10.6 Å². The van der Waals surface area contributed by atoms with E-state index in [9.17, 15) is 14.7 Å². The summed E-state index contributed by atoms with van der Waals surface area (Å²) in [5.74, 6) is 0.0473. The van der Waals surface area contributed by atoms with Gasteiger partial charge in [0.1, 0.15) is 5.75 Å². The fourth-order valence-electron chi connectivity index (χ4n) is 3.28. The Hall–Kier alpha value is -3.28. The Balaban J connectivity index is 1.63. The average Bonchev–Trinajstić information content (AvgIpc) is 2.91. The van der Waals surface area contributed by atoms with Crippen LogP contribution in [0.1, 0.15) is 17.2 Å². The van der Waals surface area contributed by atoms with Crippen LogP contribution in [0.15, 0.2) is 65.9 Å². The second-order valence-corrected chi connectivity index (χ2v) is 6.16. The third-order valence-electron chi connectivity index (χ3n) is 4.46. The van der Waals surface area contributed by atoms with Crippen LogP contribution in [-0.2, 0) is 11.3 Å². The first-order valence-electron chi connectivity index (χ1n) is 8.04. The van der Waals surface area contributed by atoms with Gasteiger partial charge in [0.15, 0.2) is 0 Å². The molecule has 3 N–H and O–H groups in total. The number of hydrogen-bond donors (Lipinski definition) is 3. The number of phenolic OH excluding ortho intramolecular Hbond substituents is 1. The van der Waals surface area contributed by atoms with Crippen molar-refractivity contribution in [2.45, 2.75) is 12.6 Å². The van der Waals surface area contributed by atoms with Gasteiger partial charge in [0.2, 0.25) is 0 Å². The summed E-state index contributed by atoms with van der Waals surface area (Å²) in [6.07, 6.45) is 0. The lowest BCUT2D eigenvalue weighted by molar-refractivity contribution is -0.126. The van der Waals surface area contributed by atoms with E-state index in [1.807, 2.05) is 30.3 Å². The predicted octanol–water partition coefficient (Wildman–Crippen LogP) is 2.04. The monoisotopic (exact) mass is 335 g/mol. The fourth-order valence-corrected chi connectivity index (χ4v) is 3.28. The van der Waals surface area contributed by atoms with Crippen LogP contribution in [0.25, 0.3) is 0 Å². The zero-order valence-electron chi connectivity index (χ0n) is 13.4. The molecule has 2 heterocycles. The third-order valence-corrected chi connectivity index (χ3v) is 4.46. The van der Waals surface area contributed by atoms with Gasteiger partial charge in [-0.1, -0.05) is 42.5 Å². The van der Waals surface area contributed by atoms with Gasteiger partial charge in [-0.3, -0.25) is 4.79 Å². The average molecular weight is 335 g/mol. The van der Waals surface area contributed by atoms with Crippen LogP contribution in [0.2, 0.25) is 0 Å². The molecule has 2 aliphatic rings. The van der Waals surface area contributed by atoms with Crippen LogP contribution in [0.3, 0.4) is 0 Å². The van der Waals surface area contributed by atoms with Crippen molar-refractivity contribution in [1.29, 1.82) is 0 Å². The first-order valence-corrected chi connectivity index (χ1v) is 8.04. The molecule has 1 atom stereocenters. The lowest BCUT2D eigenvalue weighted by Crippen LogP contribution is -2.44. The van der Waals surface area contributed by atoms with Crippen molar-refractivity contribution >= 4 is 11.9 Å². The van der Waals surface area contributed by atoms with Gasteiger partial charge in [-0.05, 0) is 23.3 Å². The molecule has 126 valence electrons. The standard InChI is InChI=1S/C19H17N3O3/c23-14-8-6-13(7-9-14)17-16-15(20-19(25)21-17)11-22(18(16)24)10-12-4-2-1-3-5-12/h1-9,17,23H,10-11H2,(H2,20,21,25). The molecule has 0 aromatic heterocycles. The number of urea groups is 1. The maximum atomic E-state index is 12.9. The Kier molecular flexibility index (Phi) is 3.65. The van der Waals surface area contributed by atoms with E-state index in [0.29, 0.717) is 24.4 Å². The number of aromatic hydroxyl groups is 1. The highest BCUT2D eigenvalue weighted by molar-refractivity contribution is 6.01. The van der Waals surface area contributed by atoms with Crippen molar-refractivity contribution in [1.82, 2.24) is 15.5 Å². The Morgan fingerprint density at radius 2 is 1.76 bits per heavy atom. The smallest absolute Gasteiger partial charge is 0.319 e. The molecule has 2 aromatic carbocycles. The molecule has 25 heavy (non-hydrogen) atoms. The van der Waals surface area contributed by atoms with Gasteiger partial charge >= 0.3 is 6.03 Å². The molecule has 6 nitrogen and oxygen atoms in total. The summed E-state index contributed by atoms with van der Waals surface area (Å²) in [5, 5.41) is 15.0. The summed E-state index contributed by atoms with van der Waals surface area (Å²) in [6, 6.07) is 15.4. The molecular weight excluding hydrogens is 318 g/mol. The molecule has 0 spiro atoms. The van der Waals surface area contributed by atoms with Crippen LogP contribution in [-0.4, -0.2) is 28.5 Å². The Morgan fingerprint density at radius 3 is 2.48 bits per heavy atom. The molecule has 4 rings (SSSR count). The summed E-state index contributed by atoms with van der Waals surface area (Å²) >= 11 is 0. The molecule has 0 fully saturated rings. The number of phenols is 1. The van der Waals surface area contributed by atoms with Gasteiger partial charge in [-0.25, -0.2) is 4.79 Å². The van der Waals surface area contributed by atoms with E-state index in [-0.39, 0.29) is 17.7 Å². The van der Waals surface area contributed by atoms with Crippen LogP contribution >= 0.6 is 0 Å². The minimum absolute atomic E-state index is 0.0931. The maximum absolute atomic E-state index is 12.9. The molecule has 0 saturated heterocycles. The summed E-state index contributed by atoms with van der Waals surface area (Å²) < 4.78 is 0. The van der Waals surface area contributed by atoms with Crippen LogP contribution in [0, 0.1) is 0 Å². The second-order valence-electron chi connectivity index (χ2n) is 6.16. The summed E-state index contributed by atoms with van der Waals surface area (Å²) in [6.45, 7) is 0.871. The number of nitrogens with one attached hydrogen (secondary N) is 2. The van der Waals surface area contributed by atoms with Crippen LogP contribution in [0.4, 0.5) is 4.79 Å². The summed E-state index contributed by atoms with van der Waals surface area (Å²) in [5.41, 5.74) is 3.00. The molecule has 0 aliphatic carbocycles. The van der Waals surface area contributed by atoms with Gasteiger partial charge in [-0.2, -0.15) is 0 Å². The minimum Gasteiger partial charge on any atom is -0.508 e. The highest BCUT2D eigenvalue weighted by atomic mass is 16.3. The number of amides is 3. The highest BCUT2D eigenvalue weighted by Gasteiger charge is 2.40. The predicted molar refractivity (Wildman–Crippen MR) is 91.4 cm³/mol. The van der Waals surface area contributed by atoms with E-state index in [4.69, 9.17) is 0 Å². The van der Waals surface area contributed by atoms with E-state index in [0.717, 1.165) is 11.1 Å². The molecule has 2 aliphatic heterocycles. The van der Waals surface area contributed by atoms with E-state index in [1.54, 1.807) is 29.2 Å². The van der Waals surface area contributed by atoms with Gasteiger partial charge in [-0.15, -0.1) is 0 Å². The van der Waals surface area contributed by atoms with Crippen LogP contribution in [0.5, 0.6) is 5.75 Å². The first-order chi connectivity index (χ1) is 12.1. The Bertz CT molecular complexity index is 859. The van der Waals surface area contributed by atoms with Crippen molar-refractivity contribution in [3.8, 4) is 5.75 Å². The van der Waals surface area contributed by atoms with E-state index >= 15 is 0 Å². The maximum Gasteiger partial charge on any atom is 0.319 e. The van der Waals surface area contributed by atoms with E-state index in [2.05, 4.69) is 10.6 Å². The number of hydrogen-bond acceptors (Lipinski definition) is 3. The fraction of sp³-hybridized carbons (Fsp3) is 0.158. The normalized spacial score (nSPS) is 19.5. The van der Waals surface area contributed by atoms with Crippen molar-refractivity contribution in [2.75, 3.05) is 6.54 Å². The summed E-state index contributed by atoms with van der Waals surface area (Å²) in [7, 11) is 0.